The van der Waals surface area contributed by atoms with Crippen molar-refractivity contribution in [2.75, 3.05) is 5.73 Å². The third-order valence-electron chi connectivity index (χ3n) is 3.74. The van der Waals surface area contributed by atoms with Crippen LogP contribution in [0.25, 0.3) is 0 Å². The fourth-order valence-corrected chi connectivity index (χ4v) is 2.46. The van der Waals surface area contributed by atoms with Gasteiger partial charge in [-0.3, -0.25) is 0 Å². The predicted octanol–water partition coefficient (Wildman–Crippen LogP) is 4.97. The van der Waals surface area contributed by atoms with E-state index in [9.17, 15) is 9.50 Å². The van der Waals surface area contributed by atoms with Crippen molar-refractivity contribution in [1.29, 1.82) is 0 Å². The van der Waals surface area contributed by atoms with E-state index in [1.54, 1.807) is 0 Å². The summed E-state index contributed by atoms with van der Waals surface area (Å²) < 4.78 is 13.1. The molecule has 0 heterocycles. The van der Waals surface area contributed by atoms with Crippen molar-refractivity contribution in [1.82, 2.24) is 0 Å². The number of rotatable bonds is 10. The van der Waals surface area contributed by atoms with E-state index < -0.39 is 6.10 Å². The van der Waals surface area contributed by atoms with Crippen LogP contribution in [0, 0.1) is 5.82 Å². The Morgan fingerprint density at radius 2 is 1.65 bits per heavy atom. The molecule has 0 aromatic heterocycles. The zero-order valence-electron chi connectivity index (χ0n) is 12.6. The molecule has 3 heteroatoms. The van der Waals surface area contributed by atoms with Gasteiger partial charge in [0.05, 0.1) is 6.10 Å². The summed E-state index contributed by atoms with van der Waals surface area (Å²) in [4.78, 5) is 0. The van der Waals surface area contributed by atoms with E-state index in [0.717, 1.165) is 12.8 Å². The minimum Gasteiger partial charge on any atom is -0.398 e. The van der Waals surface area contributed by atoms with Crippen LogP contribution in [-0.2, 0) is 0 Å². The molecule has 1 aromatic carbocycles. The Balaban J connectivity index is 2.17. The Hall–Kier alpha value is -1.09. The van der Waals surface area contributed by atoms with Crippen molar-refractivity contribution >= 4 is 5.69 Å². The summed E-state index contributed by atoms with van der Waals surface area (Å²) in [5.41, 5.74) is 6.75. The largest absolute Gasteiger partial charge is 0.398 e. The van der Waals surface area contributed by atoms with E-state index >= 15 is 0 Å². The van der Waals surface area contributed by atoms with Gasteiger partial charge in [0, 0.05) is 11.3 Å². The highest BCUT2D eigenvalue weighted by Gasteiger charge is 2.11. The number of nitrogens with two attached hydrogens (primary N) is 1. The smallest absolute Gasteiger partial charge is 0.123 e. The minimum absolute atomic E-state index is 0.343. The van der Waals surface area contributed by atoms with Crippen LogP contribution >= 0.6 is 0 Å². The monoisotopic (exact) mass is 281 g/mol. The average molecular weight is 281 g/mol. The van der Waals surface area contributed by atoms with Crippen LogP contribution in [0.15, 0.2) is 18.2 Å². The number of aliphatic hydroxyl groups excluding tert-OH is 1. The van der Waals surface area contributed by atoms with Crippen LogP contribution in [0.4, 0.5) is 10.1 Å². The molecule has 1 aromatic rings. The Bertz CT molecular complexity index is 381. The van der Waals surface area contributed by atoms with Crippen molar-refractivity contribution in [3.05, 3.63) is 29.6 Å². The third kappa shape index (κ3) is 6.38. The van der Waals surface area contributed by atoms with Gasteiger partial charge >= 0.3 is 0 Å². The molecule has 0 aliphatic rings. The molecule has 0 bridgehead atoms. The summed E-state index contributed by atoms with van der Waals surface area (Å²) in [5.74, 6) is -0.343. The number of anilines is 1. The van der Waals surface area contributed by atoms with E-state index in [-0.39, 0.29) is 5.82 Å². The van der Waals surface area contributed by atoms with Gasteiger partial charge in [0.1, 0.15) is 5.82 Å². The molecule has 1 unspecified atom stereocenters. The second-order valence-corrected chi connectivity index (χ2v) is 5.55. The SMILES string of the molecule is CCCCCCCCCCC(O)c1cc(F)ccc1N. The fraction of sp³-hybridized carbons (Fsp3) is 0.647. The second-order valence-electron chi connectivity index (χ2n) is 5.55. The number of hydrogen-bond donors (Lipinski definition) is 2. The molecule has 20 heavy (non-hydrogen) atoms. The maximum atomic E-state index is 13.1. The molecule has 0 aliphatic carbocycles. The maximum absolute atomic E-state index is 13.1. The first-order valence-corrected chi connectivity index (χ1v) is 7.88. The molecule has 1 atom stereocenters. The Labute approximate surface area is 122 Å². The lowest BCUT2D eigenvalue weighted by Crippen LogP contribution is -2.03. The summed E-state index contributed by atoms with van der Waals surface area (Å²) in [7, 11) is 0. The summed E-state index contributed by atoms with van der Waals surface area (Å²) in [6.45, 7) is 2.22. The lowest BCUT2D eigenvalue weighted by Gasteiger charge is -2.13. The van der Waals surface area contributed by atoms with Crippen molar-refractivity contribution in [2.45, 2.75) is 70.8 Å². The molecule has 0 saturated heterocycles. The molecule has 0 amide bonds. The highest BCUT2D eigenvalue weighted by Crippen LogP contribution is 2.26. The highest BCUT2D eigenvalue weighted by molar-refractivity contribution is 5.47. The quantitative estimate of drug-likeness (QED) is 0.469. The Kier molecular flexibility index (Phi) is 8.28. The van der Waals surface area contributed by atoms with E-state index in [2.05, 4.69) is 6.92 Å². The topological polar surface area (TPSA) is 46.2 Å². The van der Waals surface area contributed by atoms with Gasteiger partial charge in [0.2, 0.25) is 0 Å². The highest BCUT2D eigenvalue weighted by atomic mass is 19.1. The number of hydrogen-bond acceptors (Lipinski definition) is 2. The number of aliphatic hydroxyl groups is 1. The Morgan fingerprint density at radius 3 is 2.30 bits per heavy atom. The molecule has 3 N–H and O–H groups in total. The van der Waals surface area contributed by atoms with Crippen LogP contribution in [0.1, 0.15) is 76.4 Å². The van der Waals surface area contributed by atoms with Crippen LogP contribution in [-0.4, -0.2) is 5.11 Å². The van der Waals surface area contributed by atoms with E-state index in [0.29, 0.717) is 17.7 Å². The molecular formula is C17H28FNO. The van der Waals surface area contributed by atoms with Crippen LogP contribution in [0.3, 0.4) is 0 Å². The summed E-state index contributed by atoms with van der Waals surface area (Å²) >= 11 is 0. The van der Waals surface area contributed by atoms with Gasteiger partial charge in [0.25, 0.3) is 0 Å². The van der Waals surface area contributed by atoms with Crippen molar-refractivity contribution in [2.24, 2.45) is 0 Å². The number of nitrogen functional groups attached to an aromatic ring is 1. The van der Waals surface area contributed by atoms with Gasteiger partial charge < -0.3 is 10.8 Å². The van der Waals surface area contributed by atoms with Gasteiger partial charge in [-0.1, -0.05) is 58.3 Å². The molecule has 114 valence electrons. The predicted molar refractivity (Wildman–Crippen MR) is 83.0 cm³/mol. The first kappa shape index (κ1) is 17.0. The number of halogens is 1. The summed E-state index contributed by atoms with van der Waals surface area (Å²) in [5, 5.41) is 10.1. The van der Waals surface area contributed by atoms with Crippen molar-refractivity contribution < 1.29 is 9.50 Å². The Morgan fingerprint density at radius 1 is 1.05 bits per heavy atom. The number of benzene rings is 1. The molecule has 0 aliphatic heterocycles. The standard InChI is InChI=1S/C17H28FNO/c1-2-3-4-5-6-7-8-9-10-17(20)15-13-14(18)11-12-16(15)19/h11-13,17,20H,2-10,19H2,1H3. The van der Waals surface area contributed by atoms with Crippen LogP contribution in [0.2, 0.25) is 0 Å². The van der Waals surface area contributed by atoms with Crippen molar-refractivity contribution in [3.63, 3.8) is 0 Å². The fourth-order valence-electron chi connectivity index (χ4n) is 2.46. The molecule has 0 spiro atoms. The molecular weight excluding hydrogens is 253 g/mol. The lowest BCUT2D eigenvalue weighted by atomic mass is 10.0. The first-order valence-electron chi connectivity index (χ1n) is 7.88. The zero-order valence-corrected chi connectivity index (χ0v) is 12.6. The third-order valence-corrected chi connectivity index (χ3v) is 3.74. The molecule has 0 saturated carbocycles. The van der Waals surface area contributed by atoms with Crippen LogP contribution < -0.4 is 5.73 Å². The summed E-state index contributed by atoms with van der Waals surface area (Å²) in [6, 6.07) is 4.17. The average Bonchev–Trinajstić information content (AvgIpc) is 2.44. The molecule has 2 nitrogen and oxygen atoms in total. The van der Waals surface area contributed by atoms with Crippen molar-refractivity contribution in [3.8, 4) is 0 Å². The first-order chi connectivity index (χ1) is 9.65. The molecule has 0 fully saturated rings. The van der Waals surface area contributed by atoms with Gasteiger partial charge in [-0.25, -0.2) is 4.39 Å². The van der Waals surface area contributed by atoms with Gasteiger partial charge in [-0.15, -0.1) is 0 Å². The second kappa shape index (κ2) is 9.76. The van der Waals surface area contributed by atoms with E-state index in [1.807, 2.05) is 0 Å². The maximum Gasteiger partial charge on any atom is 0.123 e. The zero-order chi connectivity index (χ0) is 14.8. The normalized spacial score (nSPS) is 12.6. The summed E-state index contributed by atoms with van der Waals surface area (Å²) in [6.07, 6.45) is 9.84. The van der Waals surface area contributed by atoms with E-state index in [1.165, 1.54) is 56.7 Å². The van der Waals surface area contributed by atoms with Gasteiger partial charge in [-0.05, 0) is 24.6 Å². The molecule has 0 radical (unpaired) electrons. The molecule has 1 rings (SSSR count). The van der Waals surface area contributed by atoms with Crippen LogP contribution in [0.5, 0.6) is 0 Å². The van der Waals surface area contributed by atoms with Gasteiger partial charge in [0.15, 0.2) is 0 Å². The van der Waals surface area contributed by atoms with E-state index in [4.69, 9.17) is 5.73 Å². The lowest BCUT2D eigenvalue weighted by molar-refractivity contribution is 0.163. The van der Waals surface area contributed by atoms with Gasteiger partial charge in [-0.2, -0.15) is 0 Å². The number of unbranched alkanes of at least 4 members (excludes halogenated alkanes) is 7. The minimum atomic E-state index is -0.647.